The van der Waals surface area contributed by atoms with Crippen LogP contribution in [0.5, 0.6) is 0 Å². The van der Waals surface area contributed by atoms with Gasteiger partial charge in [-0.2, -0.15) is 5.11 Å². The first kappa shape index (κ1) is 23.6. The average Bonchev–Trinajstić information content (AvgIpc) is 3.06. The fourth-order valence-electron chi connectivity index (χ4n) is 3.37. The fraction of sp³-hybridized carbons (Fsp3) is 0.333. The number of amides is 2. The highest BCUT2D eigenvalue weighted by Gasteiger charge is 2.28. The molecule has 0 radical (unpaired) electrons. The van der Waals surface area contributed by atoms with Gasteiger partial charge in [-0.1, -0.05) is 23.2 Å². The van der Waals surface area contributed by atoms with Crippen molar-refractivity contribution in [1.29, 1.82) is 0 Å². The zero-order valence-corrected chi connectivity index (χ0v) is 19.1. The molecular formula is C21H21Cl2N5O4. The van der Waals surface area contributed by atoms with Gasteiger partial charge in [0.25, 0.3) is 5.69 Å². The number of nitro benzene ring substituents is 1. The number of aryl methyl sites for hydroxylation is 1. The summed E-state index contributed by atoms with van der Waals surface area (Å²) in [5.74, 6) is -0.247. The van der Waals surface area contributed by atoms with Gasteiger partial charge in [0.05, 0.1) is 20.7 Å². The lowest BCUT2D eigenvalue weighted by molar-refractivity contribution is -0.384. The van der Waals surface area contributed by atoms with Crippen LogP contribution in [0.2, 0.25) is 10.0 Å². The van der Waals surface area contributed by atoms with Gasteiger partial charge in [-0.15, -0.1) is 5.11 Å². The maximum atomic E-state index is 11.8. The second kappa shape index (κ2) is 10.1. The predicted molar refractivity (Wildman–Crippen MR) is 122 cm³/mol. The number of rotatable bonds is 8. The number of nitrogens with zero attached hydrogens (tertiary/aromatic N) is 5. The Kier molecular flexibility index (Phi) is 7.42. The zero-order valence-electron chi connectivity index (χ0n) is 17.5. The third kappa shape index (κ3) is 5.23. The lowest BCUT2D eigenvalue weighted by Gasteiger charge is -2.26. The molecule has 1 aliphatic heterocycles. The van der Waals surface area contributed by atoms with Crippen molar-refractivity contribution in [3.05, 3.63) is 56.1 Å². The minimum absolute atomic E-state index is 0.0328. The van der Waals surface area contributed by atoms with Crippen molar-refractivity contribution in [3.63, 3.8) is 0 Å². The van der Waals surface area contributed by atoms with Crippen LogP contribution in [-0.4, -0.2) is 41.3 Å². The number of hydrogen-bond acceptors (Lipinski definition) is 7. The van der Waals surface area contributed by atoms with Crippen molar-refractivity contribution in [3.8, 4) is 0 Å². The Morgan fingerprint density at radius 3 is 2.25 bits per heavy atom. The molecule has 2 aromatic carbocycles. The molecule has 2 aromatic rings. The van der Waals surface area contributed by atoms with E-state index in [1.165, 1.54) is 17.0 Å². The SMILES string of the molecule is CCN(CCN1C(=O)CCC1=O)c1ccc(N=Nc2c(Cl)cc([N+](=O)[O-])cc2Cl)c(C)c1. The van der Waals surface area contributed by atoms with Gasteiger partial charge < -0.3 is 4.90 Å². The molecule has 32 heavy (non-hydrogen) atoms. The van der Waals surface area contributed by atoms with E-state index in [2.05, 4.69) is 15.1 Å². The number of azo groups is 1. The van der Waals surface area contributed by atoms with Crippen molar-refractivity contribution >= 4 is 57.8 Å². The monoisotopic (exact) mass is 477 g/mol. The van der Waals surface area contributed by atoms with Crippen LogP contribution in [0, 0.1) is 17.0 Å². The maximum Gasteiger partial charge on any atom is 0.272 e. The highest BCUT2D eigenvalue weighted by molar-refractivity contribution is 6.39. The van der Waals surface area contributed by atoms with Gasteiger partial charge in [0.2, 0.25) is 11.8 Å². The van der Waals surface area contributed by atoms with Gasteiger partial charge in [-0.05, 0) is 37.6 Å². The van der Waals surface area contributed by atoms with Crippen LogP contribution in [0.3, 0.4) is 0 Å². The number of imide groups is 1. The predicted octanol–water partition coefficient (Wildman–Crippen LogP) is 5.60. The molecule has 1 fully saturated rings. The summed E-state index contributed by atoms with van der Waals surface area (Å²) in [6, 6.07) is 7.94. The highest BCUT2D eigenvalue weighted by Crippen LogP contribution is 2.38. The van der Waals surface area contributed by atoms with Gasteiger partial charge >= 0.3 is 0 Å². The normalized spacial score (nSPS) is 13.9. The van der Waals surface area contributed by atoms with Gasteiger partial charge in [-0.3, -0.25) is 24.6 Å². The maximum absolute atomic E-state index is 11.8. The third-order valence-corrected chi connectivity index (χ3v) is 5.72. The van der Waals surface area contributed by atoms with Crippen molar-refractivity contribution in [1.82, 2.24) is 4.90 Å². The first-order valence-corrected chi connectivity index (χ1v) is 10.7. The number of nitro groups is 1. The number of non-ortho nitro benzene ring substituents is 1. The van der Waals surface area contributed by atoms with E-state index in [0.717, 1.165) is 11.3 Å². The summed E-state index contributed by atoms with van der Waals surface area (Å²) in [7, 11) is 0. The molecule has 2 amide bonds. The summed E-state index contributed by atoms with van der Waals surface area (Å²) in [6.07, 6.45) is 0.569. The Morgan fingerprint density at radius 2 is 1.72 bits per heavy atom. The van der Waals surface area contributed by atoms with Crippen LogP contribution >= 0.6 is 23.2 Å². The van der Waals surface area contributed by atoms with Crippen LogP contribution in [0.1, 0.15) is 25.3 Å². The second-order valence-electron chi connectivity index (χ2n) is 7.20. The fourth-order valence-corrected chi connectivity index (χ4v) is 3.92. The van der Waals surface area contributed by atoms with E-state index in [1.54, 1.807) is 6.07 Å². The molecule has 168 valence electrons. The molecule has 0 atom stereocenters. The summed E-state index contributed by atoms with van der Waals surface area (Å²) >= 11 is 12.2. The Labute approximate surface area is 194 Å². The minimum Gasteiger partial charge on any atom is -0.370 e. The topological polar surface area (TPSA) is 108 Å². The van der Waals surface area contributed by atoms with E-state index in [9.17, 15) is 19.7 Å². The Balaban J connectivity index is 1.75. The quantitative estimate of drug-likeness (QED) is 0.212. The molecule has 1 saturated heterocycles. The Hall–Kier alpha value is -3.04. The summed E-state index contributed by atoms with van der Waals surface area (Å²) in [6.45, 7) is 5.45. The highest BCUT2D eigenvalue weighted by atomic mass is 35.5. The van der Waals surface area contributed by atoms with Crippen LogP contribution in [-0.2, 0) is 9.59 Å². The van der Waals surface area contributed by atoms with Crippen molar-refractivity contribution in [2.45, 2.75) is 26.7 Å². The van der Waals surface area contributed by atoms with E-state index in [-0.39, 0.29) is 46.1 Å². The average molecular weight is 478 g/mol. The van der Waals surface area contributed by atoms with Gasteiger partial charge in [-0.25, -0.2) is 0 Å². The first-order chi connectivity index (χ1) is 15.2. The molecule has 0 N–H and O–H groups in total. The molecule has 0 unspecified atom stereocenters. The second-order valence-corrected chi connectivity index (χ2v) is 8.02. The van der Waals surface area contributed by atoms with E-state index in [1.807, 2.05) is 26.0 Å². The molecule has 0 bridgehead atoms. The van der Waals surface area contributed by atoms with Crippen LogP contribution in [0.25, 0.3) is 0 Å². The number of carbonyl (C=O) groups excluding carboxylic acids is 2. The minimum atomic E-state index is -0.587. The Bertz CT molecular complexity index is 1070. The molecule has 1 heterocycles. The van der Waals surface area contributed by atoms with Gasteiger partial charge in [0.15, 0.2) is 0 Å². The van der Waals surface area contributed by atoms with E-state index < -0.39 is 4.92 Å². The van der Waals surface area contributed by atoms with Crippen molar-refractivity contribution < 1.29 is 14.5 Å². The van der Waals surface area contributed by atoms with E-state index in [0.29, 0.717) is 25.3 Å². The largest absolute Gasteiger partial charge is 0.370 e. The molecule has 0 saturated carbocycles. The lowest BCUT2D eigenvalue weighted by atomic mass is 10.1. The van der Waals surface area contributed by atoms with Crippen LogP contribution < -0.4 is 4.90 Å². The summed E-state index contributed by atoms with van der Waals surface area (Å²) in [4.78, 5) is 37.3. The molecule has 9 nitrogen and oxygen atoms in total. The van der Waals surface area contributed by atoms with Crippen LogP contribution in [0.4, 0.5) is 22.7 Å². The summed E-state index contributed by atoms with van der Waals surface area (Å²) in [5.41, 5.74) is 2.27. The smallest absolute Gasteiger partial charge is 0.272 e. The summed E-state index contributed by atoms with van der Waals surface area (Å²) < 4.78 is 0. The van der Waals surface area contributed by atoms with Crippen molar-refractivity contribution in [2.24, 2.45) is 10.2 Å². The van der Waals surface area contributed by atoms with E-state index in [4.69, 9.17) is 23.2 Å². The molecule has 0 aliphatic carbocycles. The number of benzene rings is 2. The number of anilines is 1. The molecule has 11 heteroatoms. The zero-order chi connectivity index (χ0) is 23.4. The Morgan fingerprint density at radius 1 is 1.09 bits per heavy atom. The molecule has 0 aromatic heterocycles. The number of hydrogen-bond donors (Lipinski definition) is 0. The molecule has 3 rings (SSSR count). The summed E-state index contributed by atoms with van der Waals surface area (Å²) in [5, 5.41) is 19.2. The standard InChI is InChI=1S/C21H21Cl2N5O4/c1-3-26(8-9-27-19(29)6-7-20(27)30)14-4-5-18(13(2)10-14)24-25-21-16(22)11-15(28(31)32)12-17(21)23/h4-5,10-12H,3,6-9H2,1-2H3. The van der Waals surface area contributed by atoms with Gasteiger partial charge in [0, 0.05) is 50.3 Å². The van der Waals surface area contributed by atoms with Crippen LogP contribution in [0.15, 0.2) is 40.6 Å². The lowest BCUT2D eigenvalue weighted by Crippen LogP contribution is -2.38. The van der Waals surface area contributed by atoms with E-state index >= 15 is 0 Å². The van der Waals surface area contributed by atoms with Gasteiger partial charge in [0.1, 0.15) is 5.69 Å². The molecular weight excluding hydrogens is 457 g/mol. The molecule has 0 spiro atoms. The third-order valence-electron chi connectivity index (χ3n) is 5.15. The number of likely N-dealkylation sites (N-methyl/N-ethyl adjacent to an activating group) is 1. The van der Waals surface area contributed by atoms with Crippen molar-refractivity contribution in [2.75, 3.05) is 24.5 Å². The molecule has 1 aliphatic rings. The number of carbonyl (C=O) groups is 2. The number of likely N-dealkylation sites (tertiary alicyclic amines) is 1. The first-order valence-electron chi connectivity index (χ1n) is 9.95. The number of halogens is 2.